The first kappa shape index (κ1) is 12.0. The number of rotatable bonds is 2. The lowest BCUT2D eigenvalue weighted by atomic mass is 10.1. The smallest absolute Gasteiger partial charge is 0.237 e. The Balaban J connectivity index is 1.96. The van der Waals surface area contributed by atoms with Crippen LogP contribution in [0.1, 0.15) is 23.2 Å². The van der Waals surface area contributed by atoms with Gasteiger partial charge in [-0.15, -0.1) is 0 Å². The van der Waals surface area contributed by atoms with Crippen molar-refractivity contribution in [2.45, 2.75) is 19.3 Å². The Morgan fingerprint density at radius 2 is 2.00 bits per heavy atom. The molecule has 0 N–H and O–H groups in total. The fourth-order valence-electron chi connectivity index (χ4n) is 2.23. The van der Waals surface area contributed by atoms with Gasteiger partial charge in [0.15, 0.2) is 0 Å². The maximum Gasteiger partial charge on any atom is 0.237 e. The number of pyridine rings is 1. The minimum absolute atomic E-state index is 0.380. The van der Waals surface area contributed by atoms with Gasteiger partial charge in [-0.3, -0.25) is 0 Å². The molecule has 1 aromatic carbocycles. The lowest BCUT2D eigenvalue weighted by molar-refractivity contribution is 0.459. The van der Waals surface area contributed by atoms with E-state index < -0.39 is 0 Å². The highest BCUT2D eigenvalue weighted by Crippen LogP contribution is 2.29. The normalized spacial score (nSPS) is 12.8. The molecule has 0 atom stereocenters. The molecule has 1 heterocycles. The molecule has 94 valence electrons. The number of aryl methyl sites for hydroxylation is 2. The number of fused-ring (bicyclic) bond motifs is 1. The monoisotopic (exact) mass is 270 g/mol. The Hall–Kier alpha value is -2.05. The minimum atomic E-state index is 0.380. The fourth-order valence-corrected chi connectivity index (χ4v) is 2.35. The Bertz CT molecular complexity index is 659. The average Bonchev–Trinajstić information content (AvgIpc) is 2.87. The molecule has 0 saturated carbocycles. The maximum absolute atomic E-state index is 9.18. The number of nitriles is 1. The standard InChI is InChI=1S/C15H11ClN2O/c16-12-4-6-13(7-5-12)19-15-11(9-17)8-10-2-1-3-14(10)18-15/h4-8H,1-3H2. The molecular weight excluding hydrogens is 260 g/mol. The first-order chi connectivity index (χ1) is 9.26. The third-order valence-corrected chi connectivity index (χ3v) is 3.42. The van der Waals surface area contributed by atoms with E-state index in [0.717, 1.165) is 25.0 Å². The van der Waals surface area contributed by atoms with Gasteiger partial charge in [0.05, 0.1) is 0 Å². The summed E-state index contributed by atoms with van der Waals surface area (Å²) in [4.78, 5) is 4.46. The number of hydrogen-bond acceptors (Lipinski definition) is 3. The van der Waals surface area contributed by atoms with E-state index in [1.165, 1.54) is 5.56 Å². The summed E-state index contributed by atoms with van der Waals surface area (Å²) >= 11 is 5.83. The summed E-state index contributed by atoms with van der Waals surface area (Å²) < 4.78 is 5.69. The number of aromatic nitrogens is 1. The lowest BCUT2D eigenvalue weighted by Crippen LogP contribution is -1.97. The largest absolute Gasteiger partial charge is 0.438 e. The second-order valence-electron chi connectivity index (χ2n) is 4.47. The van der Waals surface area contributed by atoms with Crippen molar-refractivity contribution in [3.63, 3.8) is 0 Å². The molecule has 1 aliphatic rings. The summed E-state index contributed by atoms with van der Waals surface area (Å²) in [5.41, 5.74) is 2.69. The number of hydrogen-bond donors (Lipinski definition) is 0. The van der Waals surface area contributed by atoms with Crippen molar-refractivity contribution in [3.8, 4) is 17.7 Å². The summed E-state index contributed by atoms with van der Waals surface area (Å²) in [6, 6.07) is 11.1. The van der Waals surface area contributed by atoms with E-state index in [1.807, 2.05) is 6.07 Å². The van der Waals surface area contributed by atoms with Crippen LogP contribution in [0.5, 0.6) is 11.6 Å². The van der Waals surface area contributed by atoms with Gasteiger partial charge in [0.2, 0.25) is 5.88 Å². The van der Waals surface area contributed by atoms with E-state index in [9.17, 15) is 5.26 Å². The van der Waals surface area contributed by atoms with Crippen LogP contribution in [0.2, 0.25) is 5.02 Å². The minimum Gasteiger partial charge on any atom is -0.438 e. The van der Waals surface area contributed by atoms with Crippen molar-refractivity contribution >= 4 is 11.6 Å². The number of nitrogens with zero attached hydrogens (tertiary/aromatic N) is 2. The highest BCUT2D eigenvalue weighted by molar-refractivity contribution is 6.30. The van der Waals surface area contributed by atoms with Crippen molar-refractivity contribution < 1.29 is 4.74 Å². The molecule has 0 bridgehead atoms. The molecule has 0 aliphatic heterocycles. The van der Waals surface area contributed by atoms with E-state index >= 15 is 0 Å². The Labute approximate surface area is 116 Å². The molecule has 1 aromatic heterocycles. The van der Waals surface area contributed by atoms with Crippen LogP contribution in [0.4, 0.5) is 0 Å². The predicted molar refractivity (Wildman–Crippen MR) is 72.5 cm³/mol. The fraction of sp³-hybridized carbons (Fsp3) is 0.200. The highest BCUT2D eigenvalue weighted by atomic mass is 35.5. The molecule has 1 aliphatic carbocycles. The van der Waals surface area contributed by atoms with E-state index in [1.54, 1.807) is 24.3 Å². The summed E-state index contributed by atoms with van der Waals surface area (Å²) in [7, 11) is 0. The van der Waals surface area contributed by atoms with Gasteiger partial charge in [0.25, 0.3) is 0 Å². The molecule has 0 amide bonds. The molecule has 2 aromatic rings. The molecule has 0 radical (unpaired) electrons. The van der Waals surface area contributed by atoms with Gasteiger partial charge >= 0.3 is 0 Å². The number of ether oxygens (including phenoxy) is 1. The van der Waals surface area contributed by atoms with Crippen molar-refractivity contribution in [2.75, 3.05) is 0 Å². The highest BCUT2D eigenvalue weighted by Gasteiger charge is 2.17. The third kappa shape index (κ3) is 2.40. The third-order valence-electron chi connectivity index (χ3n) is 3.16. The van der Waals surface area contributed by atoms with Crippen LogP contribution in [0.3, 0.4) is 0 Å². The topological polar surface area (TPSA) is 45.9 Å². The van der Waals surface area contributed by atoms with Crippen LogP contribution in [-0.4, -0.2) is 4.98 Å². The quantitative estimate of drug-likeness (QED) is 0.832. The Kier molecular flexibility index (Phi) is 3.10. The van der Waals surface area contributed by atoms with Crippen LogP contribution in [-0.2, 0) is 12.8 Å². The van der Waals surface area contributed by atoms with Gasteiger partial charge in [0.1, 0.15) is 17.4 Å². The maximum atomic E-state index is 9.18. The van der Waals surface area contributed by atoms with Crippen LogP contribution in [0, 0.1) is 11.3 Å². The molecule has 19 heavy (non-hydrogen) atoms. The lowest BCUT2D eigenvalue weighted by Gasteiger charge is -2.08. The molecule has 4 heteroatoms. The van der Waals surface area contributed by atoms with Crippen LogP contribution in [0.25, 0.3) is 0 Å². The summed E-state index contributed by atoms with van der Waals surface area (Å²) in [5, 5.41) is 9.83. The van der Waals surface area contributed by atoms with E-state index in [2.05, 4.69) is 11.1 Å². The van der Waals surface area contributed by atoms with Crippen LogP contribution in [0.15, 0.2) is 30.3 Å². The molecule has 3 rings (SSSR count). The van der Waals surface area contributed by atoms with Gasteiger partial charge in [0, 0.05) is 10.7 Å². The predicted octanol–water partition coefficient (Wildman–Crippen LogP) is 3.89. The van der Waals surface area contributed by atoms with Gasteiger partial charge < -0.3 is 4.74 Å². The molecule has 0 fully saturated rings. The van der Waals surface area contributed by atoms with Gasteiger partial charge in [-0.25, -0.2) is 4.98 Å². The first-order valence-electron chi connectivity index (χ1n) is 6.12. The second kappa shape index (κ2) is 4.91. The second-order valence-corrected chi connectivity index (χ2v) is 4.90. The average molecular weight is 271 g/mol. The SMILES string of the molecule is N#Cc1cc2c(nc1Oc1ccc(Cl)cc1)CCC2. The zero-order valence-electron chi connectivity index (χ0n) is 10.2. The van der Waals surface area contributed by atoms with Crippen molar-refractivity contribution in [1.82, 2.24) is 4.98 Å². The Morgan fingerprint density at radius 3 is 2.74 bits per heavy atom. The van der Waals surface area contributed by atoms with Crippen LogP contribution >= 0.6 is 11.6 Å². The summed E-state index contributed by atoms with van der Waals surface area (Å²) in [5.74, 6) is 1.01. The van der Waals surface area contributed by atoms with Gasteiger partial charge in [-0.2, -0.15) is 5.26 Å². The van der Waals surface area contributed by atoms with Crippen molar-refractivity contribution in [3.05, 3.63) is 52.2 Å². The van der Waals surface area contributed by atoms with Gasteiger partial charge in [-0.1, -0.05) is 11.6 Å². The molecule has 0 unspecified atom stereocenters. The number of benzene rings is 1. The molecule has 0 saturated heterocycles. The van der Waals surface area contributed by atoms with Crippen molar-refractivity contribution in [2.24, 2.45) is 0 Å². The molecule has 3 nitrogen and oxygen atoms in total. The van der Waals surface area contributed by atoms with Crippen LogP contribution < -0.4 is 4.74 Å². The van der Waals surface area contributed by atoms with Gasteiger partial charge in [-0.05, 0) is 55.2 Å². The zero-order chi connectivity index (χ0) is 13.2. The first-order valence-corrected chi connectivity index (χ1v) is 6.50. The van der Waals surface area contributed by atoms with E-state index in [4.69, 9.17) is 16.3 Å². The molecule has 0 spiro atoms. The zero-order valence-corrected chi connectivity index (χ0v) is 10.9. The van der Waals surface area contributed by atoms with E-state index in [0.29, 0.717) is 22.2 Å². The number of halogens is 1. The van der Waals surface area contributed by atoms with Crippen molar-refractivity contribution in [1.29, 1.82) is 5.26 Å². The summed E-state index contributed by atoms with van der Waals surface area (Å²) in [6.07, 6.45) is 3.05. The molecular formula is C15H11ClN2O. The Morgan fingerprint density at radius 1 is 1.21 bits per heavy atom. The summed E-state index contributed by atoms with van der Waals surface area (Å²) in [6.45, 7) is 0. The van der Waals surface area contributed by atoms with E-state index in [-0.39, 0.29) is 0 Å².